The van der Waals surface area contributed by atoms with Crippen molar-refractivity contribution in [3.05, 3.63) is 89.4 Å². The zero-order valence-electron chi connectivity index (χ0n) is 17.9. The van der Waals surface area contributed by atoms with Crippen molar-refractivity contribution in [1.82, 2.24) is 4.90 Å². The van der Waals surface area contributed by atoms with Gasteiger partial charge in [-0.3, -0.25) is 4.90 Å². The molecule has 3 aromatic rings. The number of halogens is 1. The average molecular weight is 437 g/mol. The van der Waals surface area contributed by atoms with E-state index in [9.17, 15) is 0 Å². The third-order valence-corrected chi connectivity index (χ3v) is 5.99. The molecule has 4 rings (SSSR count). The molecule has 1 heterocycles. The van der Waals surface area contributed by atoms with E-state index in [-0.39, 0.29) is 6.10 Å². The van der Waals surface area contributed by atoms with Gasteiger partial charge in [-0.2, -0.15) is 0 Å². The van der Waals surface area contributed by atoms with Crippen molar-refractivity contribution in [3.63, 3.8) is 0 Å². The number of hydrogen-bond acceptors (Lipinski definition) is 4. The zero-order valence-corrected chi connectivity index (χ0v) is 18.7. The number of ether oxygens (including phenoxy) is 2. The molecule has 1 unspecified atom stereocenters. The van der Waals surface area contributed by atoms with E-state index in [0.717, 1.165) is 50.6 Å². The van der Waals surface area contributed by atoms with Gasteiger partial charge in [-0.15, -0.1) is 0 Å². The molecule has 1 aliphatic heterocycles. The lowest BCUT2D eigenvalue weighted by Crippen LogP contribution is -2.47. The van der Waals surface area contributed by atoms with Gasteiger partial charge in [-0.25, -0.2) is 0 Å². The van der Waals surface area contributed by atoms with Gasteiger partial charge in [0.25, 0.3) is 0 Å². The minimum Gasteiger partial charge on any atom is -0.495 e. The third-order valence-electron chi connectivity index (χ3n) is 5.75. The summed E-state index contributed by atoms with van der Waals surface area (Å²) in [4.78, 5) is 4.93. The number of hydrogen-bond donors (Lipinski definition) is 0. The number of methoxy groups -OCH3 is 1. The molecule has 0 bridgehead atoms. The lowest BCUT2D eigenvalue weighted by Gasteiger charge is -2.37. The monoisotopic (exact) mass is 436 g/mol. The van der Waals surface area contributed by atoms with Gasteiger partial charge in [0.05, 0.1) is 12.8 Å². The molecular formula is C26H29ClN2O2. The first-order valence-corrected chi connectivity index (χ1v) is 11.2. The zero-order chi connectivity index (χ0) is 21.5. The highest BCUT2D eigenvalue weighted by atomic mass is 35.5. The fraction of sp³-hybridized carbons (Fsp3) is 0.308. The van der Waals surface area contributed by atoms with Gasteiger partial charge in [0, 0.05) is 44.2 Å². The van der Waals surface area contributed by atoms with Crippen LogP contribution in [0.4, 0.5) is 5.69 Å². The summed E-state index contributed by atoms with van der Waals surface area (Å²) in [5.74, 6) is 1.75. The summed E-state index contributed by atoms with van der Waals surface area (Å²) in [6, 6.07) is 26.3. The summed E-state index contributed by atoms with van der Waals surface area (Å²) < 4.78 is 11.9. The van der Waals surface area contributed by atoms with Gasteiger partial charge >= 0.3 is 0 Å². The van der Waals surface area contributed by atoms with Gasteiger partial charge in [-0.1, -0.05) is 60.1 Å². The fourth-order valence-electron chi connectivity index (χ4n) is 4.07. The topological polar surface area (TPSA) is 24.9 Å². The summed E-state index contributed by atoms with van der Waals surface area (Å²) in [6.07, 6.45) is 0.914. The molecule has 1 fully saturated rings. The third kappa shape index (κ3) is 5.72. The highest BCUT2D eigenvalue weighted by Gasteiger charge is 2.21. The van der Waals surface area contributed by atoms with Crippen LogP contribution < -0.4 is 14.4 Å². The van der Waals surface area contributed by atoms with E-state index in [1.807, 2.05) is 42.5 Å². The molecule has 5 heteroatoms. The predicted octanol–water partition coefficient (Wildman–Crippen LogP) is 5.68. The fourth-order valence-corrected chi connectivity index (χ4v) is 4.25. The normalized spacial score (nSPS) is 15.5. The number of nitrogens with zero attached hydrogens (tertiary/aromatic N) is 2. The van der Waals surface area contributed by atoms with Crippen molar-refractivity contribution in [2.75, 3.05) is 44.7 Å². The van der Waals surface area contributed by atoms with Crippen molar-refractivity contribution < 1.29 is 9.47 Å². The predicted molar refractivity (Wildman–Crippen MR) is 128 cm³/mol. The van der Waals surface area contributed by atoms with Gasteiger partial charge in [0.2, 0.25) is 0 Å². The number of piperazine rings is 1. The first kappa shape index (κ1) is 21.5. The van der Waals surface area contributed by atoms with Crippen LogP contribution in [0.2, 0.25) is 5.02 Å². The van der Waals surface area contributed by atoms with E-state index in [1.54, 1.807) is 7.11 Å². The average Bonchev–Trinajstić information content (AvgIpc) is 2.82. The number of rotatable bonds is 8. The largest absolute Gasteiger partial charge is 0.495 e. The summed E-state index contributed by atoms with van der Waals surface area (Å²) in [6.45, 7) is 5.02. The molecule has 0 aliphatic carbocycles. The molecule has 0 N–H and O–H groups in total. The molecule has 1 aliphatic rings. The van der Waals surface area contributed by atoms with E-state index in [4.69, 9.17) is 21.1 Å². The molecular weight excluding hydrogens is 408 g/mol. The highest BCUT2D eigenvalue weighted by molar-refractivity contribution is 6.30. The van der Waals surface area contributed by atoms with Crippen LogP contribution in [0, 0.1) is 0 Å². The molecule has 4 nitrogen and oxygen atoms in total. The Labute approximate surface area is 190 Å². The molecule has 0 aromatic heterocycles. The van der Waals surface area contributed by atoms with Crippen LogP contribution >= 0.6 is 11.6 Å². The summed E-state index contributed by atoms with van der Waals surface area (Å²) >= 11 is 6.16. The molecule has 3 aromatic carbocycles. The van der Waals surface area contributed by atoms with E-state index >= 15 is 0 Å². The Morgan fingerprint density at radius 2 is 1.61 bits per heavy atom. The molecule has 0 spiro atoms. The van der Waals surface area contributed by atoms with Crippen molar-refractivity contribution >= 4 is 17.3 Å². The van der Waals surface area contributed by atoms with Gasteiger partial charge in [0.15, 0.2) is 0 Å². The van der Waals surface area contributed by atoms with Gasteiger partial charge in [0.1, 0.15) is 17.6 Å². The first-order chi connectivity index (χ1) is 15.2. The molecule has 0 saturated carbocycles. The highest BCUT2D eigenvalue weighted by Crippen LogP contribution is 2.29. The Hall–Kier alpha value is -2.69. The summed E-state index contributed by atoms with van der Waals surface area (Å²) in [7, 11) is 1.73. The van der Waals surface area contributed by atoms with Crippen LogP contribution in [0.25, 0.3) is 0 Å². The molecule has 162 valence electrons. The Balaban J connectivity index is 1.37. The minimum absolute atomic E-state index is 0.00749. The lowest BCUT2D eigenvalue weighted by atomic mass is 10.1. The maximum atomic E-state index is 6.36. The standard InChI is InChI=1S/C26H29ClN2O2/c1-30-26-13-6-5-12-24(26)29-18-16-28(17-19-29)15-14-25(21-8-3-2-4-9-21)31-23-11-7-10-22(27)20-23/h2-13,20,25H,14-19H2,1H3. The van der Waals surface area contributed by atoms with E-state index < -0.39 is 0 Å². The van der Waals surface area contributed by atoms with Crippen molar-refractivity contribution in [1.29, 1.82) is 0 Å². The van der Waals surface area contributed by atoms with Crippen LogP contribution in [-0.2, 0) is 0 Å². The van der Waals surface area contributed by atoms with Crippen LogP contribution in [0.15, 0.2) is 78.9 Å². The quantitative estimate of drug-likeness (QED) is 0.453. The van der Waals surface area contributed by atoms with E-state index in [2.05, 4.69) is 46.2 Å². The number of benzene rings is 3. The summed E-state index contributed by atoms with van der Waals surface area (Å²) in [5.41, 5.74) is 2.37. The summed E-state index contributed by atoms with van der Waals surface area (Å²) in [5, 5.41) is 0.691. The Morgan fingerprint density at radius 1 is 0.871 bits per heavy atom. The Morgan fingerprint density at radius 3 is 2.35 bits per heavy atom. The minimum atomic E-state index is -0.00749. The second-order valence-electron chi connectivity index (χ2n) is 7.76. The van der Waals surface area contributed by atoms with Crippen LogP contribution in [-0.4, -0.2) is 44.7 Å². The number of para-hydroxylation sites is 2. The van der Waals surface area contributed by atoms with Crippen LogP contribution in [0.3, 0.4) is 0 Å². The molecule has 1 saturated heterocycles. The Kier molecular flexibility index (Phi) is 7.34. The van der Waals surface area contributed by atoms with Crippen molar-refractivity contribution in [3.8, 4) is 11.5 Å². The van der Waals surface area contributed by atoms with Crippen LogP contribution in [0.5, 0.6) is 11.5 Å². The van der Waals surface area contributed by atoms with Crippen molar-refractivity contribution in [2.24, 2.45) is 0 Å². The smallest absolute Gasteiger partial charge is 0.142 e. The Bertz CT molecular complexity index is 958. The lowest BCUT2D eigenvalue weighted by molar-refractivity contribution is 0.160. The maximum Gasteiger partial charge on any atom is 0.142 e. The van der Waals surface area contributed by atoms with Crippen LogP contribution in [0.1, 0.15) is 18.1 Å². The first-order valence-electron chi connectivity index (χ1n) is 10.8. The maximum absolute atomic E-state index is 6.36. The second kappa shape index (κ2) is 10.6. The molecule has 31 heavy (non-hydrogen) atoms. The molecule has 1 atom stereocenters. The second-order valence-corrected chi connectivity index (χ2v) is 8.20. The van der Waals surface area contributed by atoms with Gasteiger partial charge < -0.3 is 14.4 Å². The molecule has 0 amide bonds. The van der Waals surface area contributed by atoms with Gasteiger partial charge in [-0.05, 0) is 35.9 Å². The molecule has 0 radical (unpaired) electrons. The SMILES string of the molecule is COc1ccccc1N1CCN(CCC(Oc2cccc(Cl)c2)c2ccccc2)CC1. The number of anilines is 1. The van der Waals surface area contributed by atoms with Crippen molar-refractivity contribution in [2.45, 2.75) is 12.5 Å². The van der Waals surface area contributed by atoms with E-state index in [0.29, 0.717) is 5.02 Å². The van der Waals surface area contributed by atoms with E-state index in [1.165, 1.54) is 11.3 Å².